The van der Waals surface area contributed by atoms with Crippen molar-refractivity contribution in [3.05, 3.63) is 35.9 Å². The Labute approximate surface area is 107 Å². The molecule has 1 aromatic rings. The second-order valence-corrected chi connectivity index (χ2v) is 5.21. The van der Waals surface area contributed by atoms with Gasteiger partial charge in [-0.1, -0.05) is 30.3 Å². The van der Waals surface area contributed by atoms with Gasteiger partial charge in [0.2, 0.25) is 0 Å². The summed E-state index contributed by atoms with van der Waals surface area (Å²) in [6.45, 7) is 2.00. The van der Waals surface area contributed by atoms with Crippen LogP contribution in [0.25, 0.3) is 0 Å². The molecule has 4 heteroatoms. The Hall–Kier alpha value is -1.00. The molecule has 0 aliphatic carbocycles. The summed E-state index contributed by atoms with van der Waals surface area (Å²) < 4.78 is 5.22. The van der Waals surface area contributed by atoms with Gasteiger partial charge in [0, 0.05) is 0 Å². The van der Waals surface area contributed by atoms with Gasteiger partial charge in [-0.25, -0.2) is 0 Å². The highest BCUT2D eigenvalue weighted by molar-refractivity contribution is 7.98. The molecule has 0 aromatic heterocycles. The van der Waals surface area contributed by atoms with Crippen LogP contribution >= 0.6 is 11.8 Å². The quantitative estimate of drug-likeness (QED) is 0.790. The van der Waals surface area contributed by atoms with Crippen LogP contribution in [0.3, 0.4) is 0 Å². The minimum Gasteiger partial charge on any atom is -0.459 e. The first-order valence-corrected chi connectivity index (χ1v) is 6.94. The first-order valence-electron chi connectivity index (χ1n) is 5.55. The Balaban J connectivity index is 2.44. The zero-order valence-corrected chi connectivity index (χ0v) is 11.1. The topological polar surface area (TPSA) is 52.3 Å². The molecule has 0 aliphatic heterocycles. The Morgan fingerprint density at radius 2 is 2.06 bits per heavy atom. The maximum absolute atomic E-state index is 11.8. The van der Waals surface area contributed by atoms with Crippen molar-refractivity contribution in [2.45, 2.75) is 25.5 Å². The van der Waals surface area contributed by atoms with Gasteiger partial charge in [-0.3, -0.25) is 4.79 Å². The second-order valence-electron chi connectivity index (χ2n) is 4.22. The third-order valence-electron chi connectivity index (χ3n) is 2.50. The summed E-state index contributed by atoms with van der Waals surface area (Å²) in [5, 5.41) is 0. The van der Waals surface area contributed by atoms with Gasteiger partial charge in [-0.2, -0.15) is 11.8 Å². The van der Waals surface area contributed by atoms with E-state index in [4.69, 9.17) is 10.5 Å². The Morgan fingerprint density at radius 3 is 2.65 bits per heavy atom. The van der Waals surface area contributed by atoms with Crippen molar-refractivity contribution in [1.82, 2.24) is 0 Å². The maximum atomic E-state index is 11.8. The molecule has 0 radical (unpaired) electrons. The van der Waals surface area contributed by atoms with Crippen LogP contribution in [0.4, 0.5) is 0 Å². The van der Waals surface area contributed by atoms with Crippen molar-refractivity contribution in [3.63, 3.8) is 0 Å². The number of benzene rings is 1. The van der Waals surface area contributed by atoms with Gasteiger partial charge in [-0.15, -0.1) is 0 Å². The summed E-state index contributed by atoms with van der Waals surface area (Å²) in [5.41, 5.74) is 6.01. The monoisotopic (exact) mass is 253 g/mol. The molecular formula is C13H19NO2S. The molecule has 17 heavy (non-hydrogen) atoms. The van der Waals surface area contributed by atoms with Crippen LogP contribution in [0.15, 0.2) is 30.3 Å². The fraction of sp³-hybridized carbons (Fsp3) is 0.462. The molecule has 2 N–H and O–H groups in total. The van der Waals surface area contributed by atoms with Gasteiger partial charge in [0.15, 0.2) is 0 Å². The summed E-state index contributed by atoms with van der Waals surface area (Å²) in [6, 6.07) is 9.60. The molecule has 1 aromatic carbocycles. The molecule has 0 fully saturated rings. The number of ether oxygens (including phenoxy) is 1. The molecule has 1 atom stereocenters. The molecule has 1 rings (SSSR count). The molecule has 0 saturated carbocycles. The van der Waals surface area contributed by atoms with Crippen molar-refractivity contribution in [3.8, 4) is 0 Å². The van der Waals surface area contributed by atoms with Gasteiger partial charge in [-0.05, 0) is 30.9 Å². The molecule has 3 nitrogen and oxygen atoms in total. The summed E-state index contributed by atoms with van der Waals surface area (Å²) >= 11 is 1.67. The number of rotatable bonds is 6. The number of thioether (sulfide) groups is 1. The van der Waals surface area contributed by atoms with E-state index in [0.29, 0.717) is 6.42 Å². The van der Waals surface area contributed by atoms with E-state index >= 15 is 0 Å². The van der Waals surface area contributed by atoms with Gasteiger partial charge < -0.3 is 10.5 Å². The number of carbonyl (C=O) groups excluding carboxylic acids is 1. The number of carbonyl (C=O) groups is 1. The van der Waals surface area contributed by atoms with Gasteiger partial charge in [0.25, 0.3) is 0 Å². The summed E-state index contributed by atoms with van der Waals surface area (Å²) in [6.07, 6.45) is 2.62. The normalized spacial score (nSPS) is 14.1. The molecule has 0 spiro atoms. The smallest absolute Gasteiger partial charge is 0.326 e. The number of nitrogens with two attached hydrogens (primary N) is 1. The van der Waals surface area contributed by atoms with Crippen molar-refractivity contribution in [2.24, 2.45) is 5.73 Å². The van der Waals surface area contributed by atoms with E-state index in [9.17, 15) is 4.79 Å². The summed E-state index contributed by atoms with van der Waals surface area (Å²) in [4.78, 5) is 11.8. The van der Waals surface area contributed by atoms with Crippen LogP contribution < -0.4 is 5.73 Å². The third kappa shape index (κ3) is 4.79. The van der Waals surface area contributed by atoms with E-state index in [2.05, 4.69) is 0 Å². The molecule has 0 aliphatic rings. The zero-order valence-electron chi connectivity index (χ0n) is 10.3. The minimum atomic E-state index is -0.891. The number of hydrogen-bond donors (Lipinski definition) is 1. The van der Waals surface area contributed by atoms with E-state index in [0.717, 1.165) is 11.3 Å². The van der Waals surface area contributed by atoms with E-state index in [-0.39, 0.29) is 12.6 Å². The predicted octanol–water partition coefficient (Wildman–Crippen LogP) is 2.20. The highest BCUT2D eigenvalue weighted by Crippen LogP contribution is 2.13. The minimum absolute atomic E-state index is 0.283. The van der Waals surface area contributed by atoms with E-state index in [1.165, 1.54) is 0 Å². The molecule has 1 unspecified atom stereocenters. The average Bonchev–Trinajstić information content (AvgIpc) is 2.34. The fourth-order valence-electron chi connectivity index (χ4n) is 1.30. The Bertz CT molecular complexity index is 352. The van der Waals surface area contributed by atoms with Crippen LogP contribution in [0.5, 0.6) is 0 Å². The molecule has 0 heterocycles. The molecule has 94 valence electrons. The highest BCUT2D eigenvalue weighted by atomic mass is 32.2. The average molecular weight is 253 g/mol. The first-order chi connectivity index (χ1) is 8.06. The lowest BCUT2D eigenvalue weighted by molar-refractivity contribution is -0.150. The lowest BCUT2D eigenvalue weighted by atomic mass is 10.0. The van der Waals surface area contributed by atoms with Gasteiger partial charge in [0.05, 0.1) is 0 Å². The molecule has 0 bridgehead atoms. The van der Waals surface area contributed by atoms with Crippen LogP contribution in [0.1, 0.15) is 18.9 Å². The second kappa shape index (κ2) is 6.67. The van der Waals surface area contributed by atoms with Crippen LogP contribution in [0.2, 0.25) is 0 Å². The van der Waals surface area contributed by atoms with Crippen molar-refractivity contribution in [2.75, 3.05) is 12.0 Å². The first kappa shape index (κ1) is 14.1. The van der Waals surface area contributed by atoms with Crippen molar-refractivity contribution in [1.29, 1.82) is 0 Å². The van der Waals surface area contributed by atoms with Crippen molar-refractivity contribution >= 4 is 17.7 Å². The van der Waals surface area contributed by atoms with Crippen LogP contribution in [-0.2, 0) is 16.1 Å². The van der Waals surface area contributed by atoms with Gasteiger partial charge in [0.1, 0.15) is 12.1 Å². The van der Waals surface area contributed by atoms with E-state index in [1.54, 1.807) is 18.7 Å². The third-order valence-corrected chi connectivity index (χ3v) is 3.12. The van der Waals surface area contributed by atoms with E-state index in [1.807, 2.05) is 36.6 Å². The fourth-order valence-corrected chi connectivity index (χ4v) is 1.93. The number of esters is 1. The number of hydrogen-bond acceptors (Lipinski definition) is 4. The highest BCUT2D eigenvalue weighted by Gasteiger charge is 2.29. The SMILES string of the molecule is CSCCC(C)(N)C(=O)OCc1ccccc1. The zero-order chi connectivity index (χ0) is 12.7. The largest absolute Gasteiger partial charge is 0.459 e. The molecule has 0 amide bonds. The summed E-state index contributed by atoms with van der Waals surface area (Å²) in [5.74, 6) is 0.517. The summed E-state index contributed by atoms with van der Waals surface area (Å²) in [7, 11) is 0. The lowest BCUT2D eigenvalue weighted by Gasteiger charge is -2.22. The predicted molar refractivity (Wildman–Crippen MR) is 71.8 cm³/mol. The van der Waals surface area contributed by atoms with Crippen LogP contribution in [0, 0.1) is 0 Å². The Morgan fingerprint density at radius 1 is 1.41 bits per heavy atom. The Kier molecular flexibility index (Phi) is 5.51. The van der Waals surface area contributed by atoms with Crippen molar-refractivity contribution < 1.29 is 9.53 Å². The lowest BCUT2D eigenvalue weighted by Crippen LogP contribution is -2.46. The van der Waals surface area contributed by atoms with Gasteiger partial charge >= 0.3 is 5.97 Å². The molecular weight excluding hydrogens is 234 g/mol. The van der Waals surface area contributed by atoms with Crippen LogP contribution in [-0.4, -0.2) is 23.5 Å². The standard InChI is InChI=1S/C13H19NO2S/c1-13(14,8-9-17-2)12(15)16-10-11-6-4-3-5-7-11/h3-7H,8-10,14H2,1-2H3. The van der Waals surface area contributed by atoms with E-state index < -0.39 is 5.54 Å². The molecule has 0 saturated heterocycles. The maximum Gasteiger partial charge on any atom is 0.326 e.